The lowest BCUT2D eigenvalue weighted by Gasteiger charge is -2.19. The van der Waals surface area contributed by atoms with E-state index < -0.39 is 30.0 Å². The predicted molar refractivity (Wildman–Crippen MR) is 98.8 cm³/mol. The summed E-state index contributed by atoms with van der Waals surface area (Å²) in [5.41, 5.74) is 4.90. The molecule has 0 aliphatic rings. The summed E-state index contributed by atoms with van der Waals surface area (Å²) < 4.78 is 10.7. The topological polar surface area (TPSA) is 93.7 Å². The van der Waals surface area contributed by atoms with E-state index in [4.69, 9.17) is 9.47 Å². The van der Waals surface area contributed by atoms with E-state index in [1.807, 2.05) is 6.07 Å². The number of carbonyl (C=O) groups excluding carboxylic acids is 3. The van der Waals surface area contributed by atoms with Gasteiger partial charge < -0.3 is 9.47 Å². The monoisotopic (exact) mass is 370 g/mol. The summed E-state index contributed by atoms with van der Waals surface area (Å²) in [5.74, 6) is -1.24. The van der Waals surface area contributed by atoms with Crippen LogP contribution in [0.25, 0.3) is 0 Å². The number of esters is 1. The van der Waals surface area contributed by atoms with Crippen molar-refractivity contribution in [2.45, 2.75) is 32.5 Å². The minimum Gasteiger partial charge on any atom is -0.479 e. The second-order valence-corrected chi connectivity index (χ2v) is 5.72. The molecule has 0 bridgehead atoms. The van der Waals surface area contributed by atoms with Crippen molar-refractivity contribution in [1.82, 2.24) is 10.9 Å². The van der Waals surface area contributed by atoms with Crippen LogP contribution in [0.1, 0.15) is 30.6 Å². The maximum atomic E-state index is 12.2. The summed E-state index contributed by atoms with van der Waals surface area (Å²) in [7, 11) is 0. The molecule has 0 radical (unpaired) electrons. The van der Waals surface area contributed by atoms with E-state index in [9.17, 15) is 14.4 Å². The number of hydrogen-bond acceptors (Lipinski definition) is 5. The molecule has 27 heavy (non-hydrogen) atoms. The van der Waals surface area contributed by atoms with Crippen molar-refractivity contribution < 1.29 is 23.9 Å². The Labute approximate surface area is 157 Å². The zero-order valence-electron chi connectivity index (χ0n) is 15.2. The lowest BCUT2D eigenvalue weighted by atomic mass is 10.2. The first kappa shape index (κ1) is 20.0. The minimum atomic E-state index is -1.10. The highest BCUT2D eigenvalue weighted by Gasteiger charge is 2.25. The molecule has 0 aliphatic heterocycles. The number of rotatable bonds is 7. The van der Waals surface area contributed by atoms with E-state index >= 15 is 0 Å². The summed E-state index contributed by atoms with van der Waals surface area (Å²) >= 11 is 0. The minimum absolute atomic E-state index is 0.382. The van der Waals surface area contributed by atoms with Crippen molar-refractivity contribution in [3.05, 3.63) is 66.2 Å². The van der Waals surface area contributed by atoms with Gasteiger partial charge in [0, 0.05) is 5.56 Å². The Morgan fingerprint density at radius 1 is 0.926 bits per heavy atom. The first-order chi connectivity index (χ1) is 13.0. The zero-order chi connectivity index (χ0) is 19.6. The fourth-order valence-corrected chi connectivity index (χ4v) is 2.15. The summed E-state index contributed by atoms with van der Waals surface area (Å²) in [4.78, 5) is 36.2. The number of benzene rings is 2. The van der Waals surface area contributed by atoms with Crippen LogP contribution in [0.2, 0.25) is 0 Å². The molecular weight excluding hydrogens is 348 g/mol. The van der Waals surface area contributed by atoms with Crippen LogP contribution in [0.15, 0.2) is 60.7 Å². The fourth-order valence-electron chi connectivity index (χ4n) is 2.15. The van der Waals surface area contributed by atoms with E-state index in [-0.39, 0.29) is 0 Å². The number of ether oxygens (including phenoxy) is 2. The molecule has 0 spiro atoms. The standard InChI is InChI=1S/C20H22N2O5/c1-3-17(27-16-12-8-5-9-13-16)20(25)26-14(2)18(23)21-22-19(24)15-10-6-4-7-11-15/h4-14,17H,3H2,1-2H3,(H,21,23)(H,22,24)/t14-,17-/m0/s1. The van der Waals surface area contributed by atoms with Crippen LogP contribution in [0.5, 0.6) is 5.75 Å². The Morgan fingerprint density at radius 2 is 1.52 bits per heavy atom. The molecule has 2 atom stereocenters. The summed E-state index contributed by atoms with van der Waals surface area (Å²) in [6.07, 6.45) is -1.55. The van der Waals surface area contributed by atoms with Gasteiger partial charge in [-0.15, -0.1) is 0 Å². The van der Waals surface area contributed by atoms with Crippen molar-refractivity contribution in [2.75, 3.05) is 0 Å². The SMILES string of the molecule is CC[C@H](Oc1ccccc1)C(=O)O[C@@H](C)C(=O)NNC(=O)c1ccccc1. The molecule has 0 heterocycles. The molecule has 2 amide bonds. The highest BCUT2D eigenvalue weighted by Crippen LogP contribution is 2.14. The van der Waals surface area contributed by atoms with Gasteiger partial charge in [0.05, 0.1) is 0 Å². The second-order valence-electron chi connectivity index (χ2n) is 5.72. The Bertz CT molecular complexity index is 764. The molecule has 2 rings (SSSR count). The van der Waals surface area contributed by atoms with E-state index in [1.165, 1.54) is 6.92 Å². The maximum absolute atomic E-state index is 12.2. The van der Waals surface area contributed by atoms with Crippen LogP contribution in [0.3, 0.4) is 0 Å². The third-order valence-electron chi connectivity index (χ3n) is 3.65. The van der Waals surface area contributed by atoms with Gasteiger partial charge in [-0.3, -0.25) is 20.4 Å². The third kappa shape index (κ3) is 6.14. The first-order valence-corrected chi connectivity index (χ1v) is 8.58. The summed E-state index contributed by atoms with van der Waals surface area (Å²) in [6, 6.07) is 17.3. The third-order valence-corrected chi connectivity index (χ3v) is 3.65. The Balaban J connectivity index is 1.83. The van der Waals surface area contributed by atoms with Gasteiger partial charge in [-0.05, 0) is 37.6 Å². The molecule has 2 N–H and O–H groups in total. The average molecular weight is 370 g/mol. The average Bonchev–Trinajstić information content (AvgIpc) is 2.71. The van der Waals surface area contributed by atoms with E-state index in [2.05, 4.69) is 10.9 Å². The molecule has 142 valence electrons. The zero-order valence-corrected chi connectivity index (χ0v) is 15.2. The number of hydrazine groups is 1. The number of nitrogens with one attached hydrogen (secondary N) is 2. The quantitative estimate of drug-likeness (QED) is 0.576. The summed E-state index contributed by atoms with van der Waals surface area (Å²) in [5, 5.41) is 0. The lowest BCUT2D eigenvalue weighted by Crippen LogP contribution is -2.47. The van der Waals surface area contributed by atoms with Crippen molar-refractivity contribution in [3.63, 3.8) is 0 Å². The van der Waals surface area contributed by atoms with E-state index in [1.54, 1.807) is 61.5 Å². The molecule has 0 aromatic heterocycles. The van der Waals surface area contributed by atoms with Crippen LogP contribution in [0.4, 0.5) is 0 Å². The van der Waals surface area contributed by atoms with Crippen LogP contribution < -0.4 is 15.6 Å². The second kappa shape index (κ2) is 9.96. The maximum Gasteiger partial charge on any atom is 0.348 e. The molecule has 0 unspecified atom stereocenters. The first-order valence-electron chi connectivity index (χ1n) is 8.58. The van der Waals surface area contributed by atoms with Crippen molar-refractivity contribution in [1.29, 1.82) is 0 Å². The van der Waals surface area contributed by atoms with E-state index in [0.717, 1.165) is 0 Å². The van der Waals surface area contributed by atoms with Gasteiger partial charge in [0.15, 0.2) is 12.2 Å². The fraction of sp³-hybridized carbons (Fsp3) is 0.250. The normalized spacial score (nSPS) is 12.4. The smallest absolute Gasteiger partial charge is 0.348 e. The Kier molecular flexibility index (Phi) is 7.37. The molecule has 0 fully saturated rings. The molecular formula is C20H22N2O5. The summed E-state index contributed by atoms with van der Waals surface area (Å²) in [6.45, 7) is 3.19. The van der Waals surface area contributed by atoms with Crippen molar-refractivity contribution >= 4 is 17.8 Å². The number of amides is 2. The highest BCUT2D eigenvalue weighted by atomic mass is 16.6. The molecule has 2 aromatic carbocycles. The van der Waals surface area contributed by atoms with Crippen LogP contribution in [-0.4, -0.2) is 30.0 Å². The van der Waals surface area contributed by atoms with Crippen LogP contribution in [0, 0.1) is 0 Å². The molecule has 2 aromatic rings. The molecule has 0 aliphatic carbocycles. The van der Waals surface area contributed by atoms with Gasteiger partial charge in [-0.25, -0.2) is 4.79 Å². The largest absolute Gasteiger partial charge is 0.479 e. The molecule has 0 saturated heterocycles. The Morgan fingerprint density at radius 3 is 2.11 bits per heavy atom. The number of para-hydroxylation sites is 1. The van der Waals surface area contributed by atoms with E-state index in [0.29, 0.717) is 17.7 Å². The van der Waals surface area contributed by atoms with Gasteiger partial charge in [-0.1, -0.05) is 43.3 Å². The number of hydrogen-bond donors (Lipinski definition) is 2. The van der Waals surface area contributed by atoms with Crippen LogP contribution >= 0.6 is 0 Å². The molecule has 7 heteroatoms. The lowest BCUT2D eigenvalue weighted by molar-refractivity contribution is -0.161. The van der Waals surface area contributed by atoms with Crippen LogP contribution in [-0.2, 0) is 14.3 Å². The predicted octanol–water partition coefficient (Wildman–Crippen LogP) is 2.24. The van der Waals surface area contributed by atoms with Gasteiger partial charge in [0.1, 0.15) is 5.75 Å². The van der Waals surface area contributed by atoms with Crippen molar-refractivity contribution in [3.8, 4) is 5.75 Å². The van der Waals surface area contributed by atoms with Gasteiger partial charge in [-0.2, -0.15) is 0 Å². The van der Waals surface area contributed by atoms with Gasteiger partial charge in [0.25, 0.3) is 11.8 Å². The number of carbonyl (C=O) groups is 3. The van der Waals surface area contributed by atoms with Crippen molar-refractivity contribution in [2.24, 2.45) is 0 Å². The highest BCUT2D eigenvalue weighted by molar-refractivity contribution is 5.95. The Hall–Kier alpha value is -3.35. The molecule has 0 saturated carbocycles. The molecule has 7 nitrogen and oxygen atoms in total. The van der Waals surface area contributed by atoms with Gasteiger partial charge in [0.2, 0.25) is 0 Å². The van der Waals surface area contributed by atoms with Gasteiger partial charge >= 0.3 is 5.97 Å².